The predicted octanol–water partition coefficient (Wildman–Crippen LogP) is 2.87. The fraction of sp³-hybridized carbons (Fsp3) is 0.389. The first-order valence-electron chi connectivity index (χ1n) is 8.83. The molecule has 1 amide bonds. The van der Waals surface area contributed by atoms with Crippen LogP contribution in [0.1, 0.15) is 46.3 Å². The summed E-state index contributed by atoms with van der Waals surface area (Å²) in [6, 6.07) is 2.56. The van der Waals surface area contributed by atoms with Crippen molar-refractivity contribution in [3.63, 3.8) is 0 Å². The van der Waals surface area contributed by atoms with Crippen molar-refractivity contribution in [3.8, 4) is 0 Å². The van der Waals surface area contributed by atoms with Gasteiger partial charge in [0.05, 0.1) is 11.9 Å². The number of hydrogen-bond acceptors (Lipinski definition) is 5. The van der Waals surface area contributed by atoms with Gasteiger partial charge in [0, 0.05) is 43.2 Å². The van der Waals surface area contributed by atoms with E-state index >= 15 is 0 Å². The number of carbonyl (C=O) groups excluding carboxylic acids is 1. The van der Waals surface area contributed by atoms with Crippen LogP contribution in [0.5, 0.6) is 0 Å². The van der Waals surface area contributed by atoms with E-state index in [1.54, 1.807) is 11.8 Å². The molecule has 1 saturated heterocycles. The molecule has 1 aliphatic rings. The van der Waals surface area contributed by atoms with Crippen molar-refractivity contribution in [2.24, 2.45) is 0 Å². The molecule has 4 rings (SSSR count). The zero-order valence-electron chi connectivity index (χ0n) is 15.0. The molecule has 0 saturated carbocycles. The van der Waals surface area contributed by atoms with Crippen LogP contribution in [-0.4, -0.2) is 48.5 Å². The maximum atomic E-state index is 13.5. The summed E-state index contributed by atoms with van der Waals surface area (Å²) < 4.78 is 41.4. The Labute approximate surface area is 158 Å². The number of hydrogen-bond donors (Lipinski definition) is 0. The van der Waals surface area contributed by atoms with Crippen molar-refractivity contribution in [1.29, 1.82) is 0 Å². The van der Waals surface area contributed by atoms with Gasteiger partial charge in [-0.15, -0.1) is 0 Å². The summed E-state index contributed by atoms with van der Waals surface area (Å²) in [7, 11) is 0. The first-order valence-corrected chi connectivity index (χ1v) is 8.83. The van der Waals surface area contributed by atoms with Crippen LogP contribution in [0.25, 0.3) is 5.65 Å². The van der Waals surface area contributed by atoms with Gasteiger partial charge in [0.15, 0.2) is 5.65 Å². The van der Waals surface area contributed by atoms with Gasteiger partial charge in [0.2, 0.25) is 0 Å². The number of carbonyl (C=O) groups is 1. The Balaban J connectivity index is 1.67. The third kappa shape index (κ3) is 3.41. The minimum Gasteiger partial charge on any atom is -0.337 e. The molecule has 0 spiro atoms. The average Bonchev–Trinajstić information content (AvgIpc) is 3.06. The lowest BCUT2D eigenvalue weighted by atomic mass is 9.93. The van der Waals surface area contributed by atoms with Gasteiger partial charge in [-0.2, -0.15) is 18.3 Å². The van der Waals surface area contributed by atoms with E-state index in [0.717, 1.165) is 10.6 Å². The minimum atomic E-state index is -4.56. The lowest BCUT2D eigenvalue weighted by Crippen LogP contribution is -2.39. The third-order valence-electron chi connectivity index (χ3n) is 4.77. The summed E-state index contributed by atoms with van der Waals surface area (Å²) in [4.78, 5) is 26.5. The summed E-state index contributed by atoms with van der Waals surface area (Å²) in [6.45, 7) is 2.42. The van der Waals surface area contributed by atoms with E-state index in [2.05, 4.69) is 20.1 Å². The zero-order valence-corrected chi connectivity index (χ0v) is 15.0. The largest absolute Gasteiger partial charge is 0.433 e. The minimum absolute atomic E-state index is 0.153. The Morgan fingerprint density at radius 2 is 2.07 bits per heavy atom. The van der Waals surface area contributed by atoms with Gasteiger partial charge in [-0.3, -0.25) is 9.78 Å². The van der Waals surface area contributed by atoms with Crippen LogP contribution in [0, 0.1) is 6.92 Å². The van der Waals surface area contributed by atoms with Crippen LogP contribution < -0.4 is 0 Å². The van der Waals surface area contributed by atoms with E-state index < -0.39 is 11.9 Å². The molecule has 1 atom stereocenters. The highest BCUT2D eigenvalue weighted by Crippen LogP contribution is 2.33. The molecule has 4 heterocycles. The maximum absolute atomic E-state index is 13.5. The molecule has 0 aromatic carbocycles. The van der Waals surface area contributed by atoms with Gasteiger partial charge < -0.3 is 4.90 Å². The lowest BCUT2D eigenvalue weighted by molar-refractivity contribution is -0.142. The second-order valence-corrected chi connectivity index (χ2v) is 6.80. The van der Waals surface area contributed by atoms with Gasteiger partial charge in [0.25, 0.3) is 5.91 Å². The van der Waals surface area contributed by atoms with Crippen molar-refractivity contribution in [1.82, 2.24) is 29.5 Å². The fourth-order valence-electron chi connectivity index (χ4n) is 3.49. The highest BCUT2D eigenvalue weighted by Gasteiger charge is 2.36. The second-order valence-electron chi connectivity index (χ2n) is 6.80. The lowest BCUT2D eigenvalue weighted by Gasteiger charge is -2.32. The number of fused-ring (bicyclic) bond motifs is 1. The molecule has 146 valence electrons. The van der Waals surface area contributed by atoms with Crippen LogP contribution in [0.2, 0.25) is 0 Å². The van der Waals surface area contributed by atoms with E-state index in [0.29, 0.717) is 30.8 Å². The Morgan fingerprint density at radius 1 is 1.25 bits per heavy atom. The highest BCUT2D eigenvalue weighted by atomic mass is 19.4. The monoisotopic (exact) mass is 390 g/mol. The molecule has 1 aliphatic heterocycles. The van der Waals surface area contributed by atoms with Gasteiger partial charge in [-0.1, -0.05) is 0 Å². The number of likely N-dealkylation sites (tertiary alicyclic amines) is 1. The smallest absolute Gasteiger partial charge is 0.337 e. The standard InChI is InChI=1S/C18H17F3N6O/c1-11-7-16-24-13(8-15(18(19,20)21)27(16)25-11)12-3-2-6-26(10-12)17(28)14-9-22-4-5-23-14/h4-5,7-9,12H,2-3,6,10H2,1H3/t12-/m0/s1. The molecule has 28 heavy (non-hydrogen) atoms. The Kier molecular flexibility index (Phi) is 4.48. The van der Waals surface area contributed by atoms with Crippen LogP contribution >= 0.6 is 0 Å². The van der Waals surface area contributed by atoms with Gasteiger partial charge >= 0.3 is 6.18 Å². The molecule has 7 nitrogen and oxygen atoms in total. The van der Waals surface area contributed by atoms with Crippen molar-refractivity contribution in [2.45, 2.75) is 31.9 Å². The molecule has 0 aliphatic carbocycles. The SMILES string of the molecule is Cc1cc2nc([C@H]3CCCN(C(=O)c4cnccn4)C3)cc(C(F)(F)F)n2n1. The second kappa shape index (κ2) is 6.84. The first kappa shape index (κ1) is 18.3. The predicted molar refractivity (Wildman–Crippen MR) is 92.6 cm³/mol. The van der Waals surface area contributed by atoms with E-state index in [9.17, 15) is 18.0 Å². The number of amides is 1. The molecule has 0 N–H and O–H groups in total. The van der Waals surface area contributed by atoms with Crippen LogP contribution in [0.3, 0.4) is 0 Å². The number of nitrogens with zero attached hydrogens (tertiary/aromatic N) is 6. The number of aryl methyl sites for hydroxylation is 1. The topological polar surface area (TPSA) is 76.3 Å². The van der Waals surface area contributed by atoms with Crippen molar-refractivity contribution < 1.29 is 18.0 Å². The molecule has 3 aromatic heterocycles. The fourth-order valence-corrected chi connectivity index (χ4v) is 3.49. The molecule has 10 heteroatoms. The molecule has 0 unspecified atom stereocenters. The zero-order chi connectivity index (χ0) is 19.9. The van der Waals surface area contributed by atoms with E-state index in [4.69, 9.17) is 0 Å². The number of alkyl halides is 3. The first-order chi connectivity index (χ1) is 13.3. The third-order valence-corrected chi connectivity index (χ3v) is 4.77. The quantitative estimate of drug-likeness (QED) is 0.673. The molecular formula is C18H17F3N6O. The summed E-state index contributed by atoms with van der Waals surface area (Å²) in [5, 5.41) is 3.90. The Hall–Kier alpha value is -3.04. The number of aromatic nitrogens is 5. The highest BCUT2D eigenvalue weighted by molar-refractivity contribution is 5.92. The molecule has 3 aromatic rings. The Morgan fingerprint density at radius 3 is 2.79 bits per heavy atom. The number of rotatable bonds is 2. The normalized spacial score (nSPS) is 17.9. The van der Waals surface area contributed by atoms with Crippen LogP contribution in [0.15, 0.2) is 30.7 Å². The maximum Gasteiger partial charge on any atom is 0.433 e. The summed E-state index contributed by atoms with van der Waals surface area (Å²) in [5.41, 5.74) is 0.279. The van der Waals surface area contributed by atoms with E-state index in [1.807, 2.05) is 0 Å². The Bertz CT molecular complexity index is 1020. The summed E-state index contributed by atoms with van der Waals surface area (Å²) in [5.74, 6) is -0.578. The van der Waals surface area contributed by atoms with Gasteiger partial charge in [-0.05, 0) is 25.8 Å². The van der Waals surface area contributed by atoms with E-state index in [-0.39, 0.29) is 29.7 Å². The van der Waals surface area contributed by atoms with Gasteiger partial charge in [0.1, 0.15) is 11.4 Å². The number of piperidine rings is 1. The van der Waals surface area contributed by atoms with Crippen molar-refractivity contribution in [3.05, 3.63) is 53.5 Å². The summed E-state index contributed by atoms with van der Waals surface area (Å²) in [6.07, 6.45) is 1.05. The van der Waals surface area contributed by atoms with Gasteiger partial charge in [-0.25, -0.2) is 14.5 Å². The average molecular weight is 390 g/mol. The van der Waals surface area contributed by atoms with Crippen molar-refractivity contribution >= 4 is 11.6 Å². The van der Waals surface area contributed by atoms with Crippen LogP contribution in [-0.2, 0) is 6.18 Å². The summed E-state index contributed by atoms with van der Waals surface area (Å²) >= 11 is 0. The van der Waals surface area contributed by atoms with E-state index in [1.165, 1.54) is 24.7 Å². The molecular weight excluding hydrogens is 373 g/mol. The van der Waals surface area contributed by atoms with Crippen molar-refractivity contribution in [2.75, 3.05) is 13.1 Å². The molecule has 1 fully saturated rings. The number of halogens is 3. The molecule has 0 bridgehead atoms. The molecule has 0 radical (unpaired) electrons. The van der Waals surface area contributed by atoms with Crippen LogP contribution in [0.4, 0.5) is 13.2 Å².